The van der Waals surface area contributed by atoms with Gasteiger partial charge in [-0.3, -0.25) is 4.79 Å². The lowest BCUT2D eigenvalue weighted by Gasteiger charge is -2.34. The molecule has 6 heteroatoms. The van der Waals surface area contributed by atoms with Gasteiger partial charge < -0.3 is 19.7 Å². The fraction of sp³-hybridized carbons (Fsp3) is 0.765. The van der Waals surface area contributed by atoms with E-state index in [9.17, 15) is 19.8 Å². The standard InChI is InChI=1S/C17H24O6/c1-7-11(19)5-10-13(7)15-14(8(2)16(20)23-15)12(22-9(3)18)6-17(10,4)21/h7,10-15,19,21H,2,5-6H2,1,3-4H3/t7-,10-,11+,12-,13+,14+,15+,17+/m0/s1. The molecule has 1 heterocycles. The zero-order chi connectivity index (χ0) is 17.1. The highest BCUT2D eigenvalue weighted by molar-refractivity contribution is 5.91. The van der Waals surface area contributed by atoms with Crippen molar-refractivity contribution in [2.45, 2.75) is 57.5 Å². The van der Waals surface area contributed by atoms with E-state index in [1.165, 1.54) is 6.92 Å². The van der Waals surface area contributed by atoms with Crippen LogP contribution in [0.1, 0.15) is 33.6 Å². The lowest BCUT2D eigenvalue weighted by Crippen LogP contribution is -2.40. The first-order chi connectivity index (χ1) is 10.6. The number of fused-ring (bicyclic) bond motifs is 3. The summed E-state index contributed by atoms with van der Waals surface area (Å²) in [5, 5.41) is 21.2. The summed E-state index contributed by atoms with van der Waals surface area (Å²) in [6.07, 6.45) is -1.08. The van der Waals surface area contributed by atoms with Gasteiger partial charge in [-0.2, -0.15) is 0 Å². The number of aliphatic hydroxyl groups excluding tert-OH is 1. The highest BCUT2D eigenvalue weighted by Crippen LogP contribution is 2.54. The molecule has 128 valence electrons. The van der Waals surface area contributed by atoms with Crippen LogP contribution in [0.5, 0.6) is 0 Å². The first kappa shape index (κ1) is 16.5. The monoisotopic (exact) mass is 324 g/mol. The first-order valence-electron chi connectivity index (χ1n) is 8.11. The molecule has 3 fully saturated rings. The molecule has 0 spiro atoms. The van der Waals surface area contributed by atoms with Crippen molar-refractivity contribution in [2.75, 3.05) is 0 Å². The predicted octanol–water partition coefficient (Wildman–Crippen LogP) is 0.804. The van der Waals surface area contributed by atoms with Crippen LogP contribution >= 0.6 is 0 Å². The summed E-state index contributed by atoms with van der Waals surface area (Å²) in [5.74, 6) is -1.94. The molecule has 3 rings (SSSR count). The lowest BCUT2D eigenvalue weighted by atomic mass is 9.76. The van der Waals surface area contributed by atoms with Gasteiger partial charge in [0, 0.05) is 24.8 Å². The van der Waals surface area contributed by atoms with Crippen LogP contribution in [0.25, 0.3) is 0 Å². The summed E-state index contributed by atoms with van der Waals surface area (Å²) in [5.41, 5.74) is -0.834. The molecule has 6 nitrogen and oxygen atoms in total. The van der Waals surface area contributed by atoms with E-state index in [0.717, 1.165) is 0 Å². The van der Waals surface area contributed by atoms with Crippen LogP contribution in [-0.4, -0.2) is 46.1 Å². The number of aliphatic hydroxyl groups is 2. The van der Waals surface area contributed by atoms with Crippen LogP contribution < -0.4 is 0 Å². The van der Waals surface area contributed by atoms with Gasteiger partial charge in [-0.25, -0.2) is 4.79 Å². The van der Waals surface area contributed by atoms with Crippen molar-refractivity contribution >= 4 is 11.9 Å². The van der Waals surface area contributed by atoms with Gasteiger partial charge in [-0.05, 0) is 25.2 Å². The summed E-state index contributed by atoms with van der Waals surface area (Å²) < 4.78 is 11.0. The van der Waals surface area contributed by atoms with Crippen molar-refractivity contribution in [2.24, 2.45) is 23.7 Å². The summed E-state index contributed by atoms with van der Waals surface area (Å²) in [6.45, 7) is 8.73. The van der Waals surface area contributed by atoms with Crippen molar-refractivity contribution in [1.82, 2.24) is 0 Å². The van der Waals surface area contributed by atoms with E-state index in [2.05, 4.69) is 6.58 Å². The van der Waals surface area contributed by atoms with Crippen molar-refractivity contribution < 1.29 is 29.3 Å². The Bertz CT molecular complexity index is 553. The Kier molecular flexibility index (Phi) is 3.80. The summed E-state index contributed by atoms with van der Waals surface area (Å²) in [4.78, 5) is 23.5. The Morgan fingerprint density at radius 3 is 2.74 bits per heavy atom. The second-order valence-electron chi connectivity index (χ2n) is 7.48. The van der Waals surface area contributed by atoms with Crippen LogP contribution in [0.4, 0.5) is 0 Å². The maximum Gasteiger partial charge on any atom is 0.334 e. The quantitative estimate of drug-likeness (QED) is 0.547. The Balaban J connectivity index is 2.05. The maximum atomic E-state index is 12.0. The van der Waals surface area contributed by atoms with E-state index in [0.29, 0.717) is 6.42 Å². The smallest absolute Gasteiger partial charge is 0.334 e. The third-order valence-corrected chi connectivity index (χ3v) is 5.95. The average Bonchev–Trinajstić information content (AvgIpc) is 2.84. The number of hydrogen-bond acceptors (Lipinski definition) is 6. The number of esters is 2. The molecule has 1 aliphatic heterocycles. The predicted molar refractivity (Wildman–Crippen MR) is 80.1 cm³/mol. The molecule has 0 unspecified atom stereocenters. The SMILES string of the molecule is C=C1C(=O)O[C@H]2[C@H]1[C@@H](OC(C)=O)C[C@@](C)(O)[C@H]1C[C@@H](O)[C@H](C)[C@@H]21. The minimum atomic E-state index is -1.12. The zero-order valence-electron chi connectivity index (χ0n) is 13.7. The fourth-order valence-electron chi connectivity index (χ4n) is 4.83. The topological polar surface area (TPSA) is 93.1 Å². The minimum Gasteiger partial charge on any atom is -0.462 e. The van der Waals surface area contributed by atoms with Gasteiger partial charge in [0.2, 0.25) is 0 Å². The molecule has 2 N–H and O–H groups in total. The van der Waals surface area contributed by atoms with Crippen molar-refractivity contribution in [3.8, 4) is 0 Å². The molecule has 0 aromatic heterocycles. The van der Waals surface area contributed by atoms with E-state index >= 15 is 0 Å². The molecule has 0 amide bonds. The highest BCUT2D eigenvalue weighted by Gasteiger charge is 2.61. The Morgan fingerprint density at radius 2 is 2.13 bits per heavy atom. The van der Waals surface area contributed by atoms with Gasteiger partial charge in [-0.1, -0.05) is 13.5 Å². The summed E-state index contributed by atoms with van der Waals surface area (Å²) in [7, 11) is 0. The van der Waals surface area contributed by atoms with Gasteiger partial charge in [0.25, 0.3) is 0 Å². The molecular weight excluding hydrogens is 300 g/mol. The van der Waals surface area contributed by atoms with Gasteiger partial charge in [0.1, 0.15) is 12.2 Å². The van der Waals surface area contributed by atoms with E-state index in [1.54, 1.807) is 6.92 Å². The number of carbonyl (C=O) groups is 2. The molecule has 0 aromatic carbocycles. The second-order valence-corrected chi connectivity index (χ2v) is 7.48. The fourth-order valence-corrected chi connectivity index (χ4v) is 4.83. The van der Waals surface area contributed by atoms with E-state index in [4.69, 9.17) is 9.47 Å². The highest BCUT2D eigenvalue weighted by atomic mass is 16.6. The summed E-state index contributed by atoms with van der Waals surface area (Å²) >= 11 is 0. The second kappa shape index (κ2) is 5.31. The molecule has 3 aliphatic rings. The molecule has 0 bridgehead atoms. The van der Waals surface area contributed by atoms with Crippen molar-refractivity contribution in [1.29, 1.82) is 0 Å². The molecule has 2 saturated carbocycles. The van der Waals surface area contributed by atoms with Crippen LogP contribution in [0.3, 0.4) is 0 Å². The third-order valence-electron chi connectivity index (χ3n) is 5.95. The van der Waals surface area contributed by atoms with Gasteiger partial charge >= 0.3 is 11.9 Å². The van der Waals surface area contributed by atoms with E-state index < -0.39 is 41.8 Å². The zero-order valence-corrected chi connectivity index (χ0v) is 13.7. The van der Waals surface area contributed by atoms with Crippen LogP contribution in [0, 0.1) is 23.7 Å². The Labute approximate surface area is 135 Å². The van der Waals surface area contributed by atoms with Crippen LogP contribution in [-0.2, 0) is 19.1 Å². The summed E-state index contributed by atoms with van der Waals surface area (Å²) in [6, 6.07) is 0. The maximum absolute atomic E-state index is 12.0. The van der Waals surface area contributed by atoms with E-state index in [1.807, 2.05) is 6.92 Å². The van der Waals surface area contributed by atoms with Gasteiger partial charge in [0.15, 0.2) is 0 Å². The van der Waals surface area contributed by atoms with Crippen molar-refractivity contribution in [3.63, 3.8) is 0 Å². The molecule has 1 saturated heterocycles. The van der Waals surface area contributed by atoms with E-state index in [-0.39, 0.29) is 29.7 Å². The van der Waals surface area contributed by atoms with Gasteiger partial charge in [-0.15, -0.1) is 0 Å². The molecule has 0 aromatic rings. The Morgan fingerprint density at radius 1 is 1.48 bits per heavy atom. The molecule has 8 atom stereocenters. The number of carbonyl (C=O) groups excluding carboxylic acids is 2. The molecule has 2 aliphatic carbocycles. The molecular formula is C17H24O6. The lowest BCUT2D eigenvalue weighted by molar-refractivity contribution is -0.152. The Hall–Kier alpha value is -1.40. The normalized spacial score (nSPS) is 49.2. The average molecular weight is 324 g/mol. The number of ether oxygens (including phenoxy) is 2. The van der Waals surface area contributed by atoms with Crippen LogP contribution in [0.15, 0.2) is 12.2 Å². The molecule has 0 radical (unpaired) electrons. The minimum absolute atomic E-state index is 0.117. The third kappa shape index (κ3) is 2.48. The first-order valence-corrected chi connectivity index (χ1v) is 8.11. The largest absolute Gasteiger partial charge is 0.462 e. The number of rotatable bonds is 1. The van der Waals surface area contributed by atoms with Crippen LogP contribution in [0.2, 0.25) is 0 Å². The van der Waals surface area contributed by atoms with Crippen molar-refractivity contribution in [3.05, 3.63) is 12.2 Å². The molecule has 23 heavy (non-hydrogen) atoms. The number of hydrogen-bond donors (Lipinski definition) is 2. The van der Waals surface area contributed by atoms with Gasteiger partial charge in [0.05, 0.1) is 17.6 Å².